The monoisotopic (exact) mass is 437 g/mol. The minimum Gasteiger partial charge on any atom is -0.381 e. The molecule has 4 rings (SSSR count). The Labute approximate surface area is 182 Å². The smallest absolute Gasteiger partial charge is 0.248 e. The molecule has 1 aromatic rings. The molecule has 0 saturated carbocycles. The van der Waals surface area contributed by atoms with Gasteiger partial charge in [-0.2, -0.15) is 12.6 Å². The van der Waals surface area contributed by atoms with Crippen molar-refractivity contribution < 1.29 is 14.3 Å². The molecule has 3 fully saturated rings. The van der Waals surface area contributed by atoms with Crippen molar-refractivity contribution in [3.8, 4) is 0 Å². The Morgan fingerprint density at radius 3 is 2.24 bits per heavy atom. The number of halogens is 1. The Morgan fingerprint density at radius 1 is 1.03 bits per heavy atom. The zero-order valence-electron chi connectivity index (χ0n) is 16.5. The molecule has 29 heavy (non-hydrogen) atoms. The number of nitrogens with zero attached hydrogens (tertiary/aromatic N) is 2. The summed E-state index contributed by atoms with van der Waals surface area (Å²) in [6, 6.07) is 7.50. The van der Waals surface area contributed by atoms with E-state index in [2.05, 4.69) is 17.9 Å². The number of benzene rings is 1. The predicted octanol–water partition coefficient (Wildman–Crippen LogP) is 2.68. The SMILES string of the molecule is O=C(CS)N1CC2(CCN(C(=O)C3(Nc4ccc(Cl)cc4)CCOCC3)CC2)C1. The Bertz CT molecular complexity index is 751. The van der Waals surface area contributed by atoms with E-state index in [-0.39, 0.29) is 23.0 Å². The number of rotatable bonds is 4. The van der Waals surface area contributed by atoms with Crippen LogP contribution in [0, 0.1) is 5.41 Å². The number of carbonyl (C=O) groups is 2. The van der Waals surface area contributed by atoms with Crippen molar-refractivity contribution >= 4 is 41.7 Å². The number of nitrogens with one attached hydrogen (secondary N) is 1. The summed E-state index contributed by atoms with van der Waals surface area (Å²) >= 11 is 10.1. The van der Waals surface area contributed by atoms with Gasteiger partial charge >= 0.3 is 0 Å². The highest BCUT2D eigenvalue weighted by atomic mass is 35.5. The summed E-state index contributed by atoms with van der Waals surface area (Å²) in [6.07, 6.45) is 3.20. The third-order valence-corrected chi connectivity index (χ3v) is 7.16. The first-order chi connectivity index (χ1) is 14.0. The third kappa shape index (κ3) is 4.23. The normalized spacial score (nSPS) is 22.8. The molecule has 1 aromatic carbocycles. The Kier molecular flexibility index (Phi) is 6.00. The molecule has 3 heterocycles. The first kappa shape index (κ1) is 20.8. The summed E-state index contributed by atoms with van der Waals surface area (Å²) in [7, 11) is 0. The highest BCUT2D eigenvalue weighted by Crippen LogP contribution is 2.41. The van der Waals surface area contributed by atoms with E-state index >= 15 is 0 Å². The first-order valence-electron chi connectivity index (χ1n) is 10.2. The molecule has 0 aliphatic carbocycles. The Balaban J connectivity index is 1.41. The van der Waals surface area contributed by atoms with E-state index in [4.69, 9.17) is 16.3 Å². The summed E-state index contributed by atoms with van der Waals surface area (Å²) in [6.45, 7) is 4.24. The standard InChI is InChI=1S/C21H28ClN3O3S/c22-16-1-3-17(4-2-16)23-21(7-11-28-12-8-21)19(27)24-9-5-20(6-10-24)14-25(15-20)18(26)13-29/h1-4,23,29H,5-15H2. The van der Waals surface area contributed by atoms with Gasteiger partial charge in [0.15, 0.2) is 0 Å². The maximum Gasteiger partial charge on any atom is 0.248 e. The van der Waals surface area contributed by atoms with Crippen LogP contribution >= 0.6 is 24.2 Å². The zero-order valence-corrected chi connectivity index (χ0v) is 18.2. The van der Waals surface area contributed by atoms with Gasteiger partial charge in [-0.15, -0.1) is 0 Å². The quantitative estimate of drug-likeness (QED) is 0.711. The van der Waals surface area contributed by atoms with Gasteiger partial charge in [0.25, 0.3) is 0 Å². The fraction of sp³-hybridized carbons (Fsp3) is 0.619. The van der Waals surface area contributed by atoms with Crippen molar-refractivity contribution in [3.63, 3.8) is 0 Å². The lowest BCUT2D eigenvalue weighted by Crippen LogP contribution is -2.64. The van der Waals surface area contributed by atoms with Gasteiger partial charge in [0.05, 0.1) is 5.75 Å². The fourth-order valence-electron chi connectivity index (χ4n) is 4.76. The average Bonchev–Trinajstić information content (AvgIpc) is 2.73. The number of anilines is 1. The van der Waals surface area contributed by atoms with E-state index in [0.29, 0.717) is 31.1 Å². The molecule has 3 saturated heterocycles. The van der Waals surface area contributed by atoms with Gasteiger partial charge in [-0.3, -0.25) is 9.59 Å². The van der Waals surface area contributed by atoms with Crippen LogP contribution in [-0.2, 0) is 14.3 Å². The van der Waals surface area contributed by atoms with Crippen molar-refractivity contribution in [1.82, 2.24) is 9.80 Å². The van der Waals surface area contributed by atoms with E-state index in [9.17, 15) is 9.59 Å². The average molecular weight is 438 g/mol. The van der Waals surface area contributed by atoms with Crippen LogP contribution in [0.2, 0.25) is 5.02 Å². The number of thiol groups is 1. The van der Waals surface area contributed by atoms with Crippen molar-refractivity contribution in [1.29, 1.82) is 0 Å². The first-order valence-corrected chi connectivity index (χ1v) is 11.3. The highest BCUT2D eigenvalue weighted by Gasteiger charge is 2.49. The molecule has 0 aromatic heterocycles. The lowest BCUT2D eigenvalue weighted by Gasteiger charge is -2.54. The Hall–Kier alpha value is -1.44. The lowest BCUT2D eigenvalue weighted by atomic mass is 9.71. The van der Waals surface area contributed by atoms with Crippen LogP contribution in [0.15, 0.2) is 24.3 Å². The molecule has 0 atom stereocenters. The molecule has 1 spiro atoms. The Morgan fingerprint density at radius 2 is 1.66 bits per heavy atom. The van der Waals surface area contributed by atoms with Gasteiger partial charge in [0.1, 0.15) is 5.54 Å². The van der Waals surface area contributed by atoms with E-state index in [0.717, 1.165) is 44.7 Å². The van der Waals surface area contributed by atoms with Crippen LogP contribution in [-0.4, -0.2) is 72.3 Å². The van der Waals surface area contributed by atoms with Crippen LogP contribution < -0.4 is 5.32 Å². The number of ether oxygens (including phenoxy) is 1. The minimum absolute atomic E-state index is 0.103. The van der Waals surface area contributed by atoms with Crippen LogP contribution in [0.1, 0.15) is 25.7 Å². The summed E-state index contributed by atoms with van der Waals surface area (Å²) in [5, 5.41) is 4.18. The second-order valence-electron chi connectivity index (χ2n) is 8.53. The van der Waals surface area contributed by atoms with Gasteiger partial charge in [-0.05, 0) is 37.1 Å². The number of hydrogen-bond donors (Lipinski definition) is 2. The van der Waals surface area contributed by atoms with Crippen LogP contribution in [0.25, 0.3) is 0 Å². The zero-order chi connectivity index (χ0) is 20.5. The minimum atomic E-state index is -0.635. The highest BCUT2D eigenvalue weighted by molar-refractivity contribution is 7.81. The summed E-state index contributed by atoms with van der Waals surface area (Å²) in [4.78, 5) is 29.3. The van der Waals surface area contributed by atoms with Crippen molar-refractivity contribution in [2.45, 2.75) is 31.2 Å². The van der Waals surface area contributed by atoms with Crippen LogP contribution in [0.3, 0.4) is 0 Å². The molecular formula is C21H28ClN3O3S. The summed E-state index contributed by atoms with van der Waals surface area (Å²) < 4.78 is 5.55. The lowest BCUT2D eigenvalue weighted by molar-refractivity contribution is -0.151. The molecule has 0 unspecified atom stereocenters. The molecular weight excluding hydrogens is 410 g/mol. The predicted molar refractivity (Wildman–Crippen MR) is 117 cm³/mol. The van der Waals surface area contributed by atoms with E-state index in [1.165, 1.54) is 0 Å². The number of piperidine rings is 1. The number of carbonyl (C=O) groups excluding carboxylic acids is 2. The van der Waals surface area contributed by atoms with Gasteiger partial charge in [0.2, 0.25) is 11.8 Å². The van der Waals surface area contributed by atoms with Gasteiger partial charge in [-0.1, -0.05) is 11.6 Å². The largest absolute Gasteiger partial charge is 0.381 e. The summed E-state index contributed by atoms with van der Waals surface area (Å²) in [5.41, 5.74) is 0.449. The van der Waals surface area contributed by atoms with Crippen molar-refractivity contribution in [3.05, 3.63) is 29.3 Å². The molecule has 158 valence electrons. The molecule has 6 nitrogen and oxygen atoms in total. The molecule has 3 aliphatic rings. The van der Waals surface area contributed by atoms with E-state index < -0.39 is 5.54 Å². The third-order valence-electron chi connectivity index (χ3n) is 6.64. The fourth-order valence-corrected chi connectivity index (χ4v) is 5.09. The van der Waals surface area contributed by atoms with E-state index in [1.54, 1.807) is 0 Å². The van der Waals surface area contributed by atoms with Crippen LogP contribution in [0.4, 0.5) is 5.69 Å². The molecule has 2 amide bonds. The van der Waals surface area contributed by atoms with Crippen LogP contribution in [0.5, 0.6) is 0 Å². The summed E-state index contributed by atoms with van der Waals surface area (Å²) in [5.74, 6) is 0.528. The number of hydrogen-bond acceptors (Lipinski definition) is 5. The topological polar surface area (TPSA) is 61.9 Å². The maximum atomic E-state index is 13.6. The van der Waals surface area contributed by atoms with Crippen molar-refractivity contribution in [2.75, 3.05) is 50.5 Å². The molecule has 3 aliphatic heterocycles. The van der Waals surface area contributed by atoms with Crippen molar-refractivity contribution in [2.24, 2.45) is 5.41 Å². The number of likely N-dealkylation sites (tertiary alicyclic amines) is 2. The molecule has 0 bridgehead atoms. The van der Waals surface area contributed by atoms with E-state index in [1.807, 2.05) is 34.1 Å². The van der Waals surface area contributed by atoms with Gasteiger partial charge < -0.3 is 19.9 Å². The maximum absolute atomic E-state index is 13.6. The second kappa shape index (κ2) is 8.36. The molecule has 8 heteroatoms. The number of amides is 2. The molecule has 0 radical (unpaired) electrons. The van der Waals surface area contributed by atoms with Gasteiger partial charge in [0, 0.05) is 68.4 Å². The van der Waals surface area contributed by atoms with Gasteiger partial charge in [-0.25, -0.2) is 0 Å². The second-order valence-corrected chi connectivity index (χ2v) is 9.28. The molecule has 1 N–H and O–H groups in total.